The zero-order valence-electron chi connectivity index (χ0n) is 21.5. The van der Waals surface area contributed by atoms with Crippen LogP contribution in [-0.2, 0) is 19.7 Å². The molecule has 0 fully saturated rings. The van der Waals surface area contributed by atoms with Crippen LogP contribution in [0.1, 0.15) is 21.5 Å². The molecule has 0 aliphatic carbocycles. The number of carbonyl (C=O) groups excluding carboxylic acids is 1. The average Bonchev–Trinajstić information content (AvgIpc) is 2.98. The van der Waals surface area contributed by atoms with Crippen LogP contribution in [0.4, 0.5) is 4.39 Å². The van der Waals surface area contributed by atoms with Gasteiger partial charge in [-0.3, -0.25) is 14.4 Å². The predicted molar refractivity (Wildman–Crippen MR) is 148 cm³/mol. The van der Waals surface area contributed by atoms with Gasteiger partial charge in [0.05, 0.1) is 6.54 Å². The van der Waals surface area contributed by atoms with E-state index in [-0.39, 0.29) is 49.0 Å². The van der Waals surface area contributed by atoms with Gasteiger partial charge in [-0.1, -0.05) is 60.7 Å². The lowest BCUT2D eigenvalue weighted by atomic mass is 10.2. The van der Waals surface area contributed by atoms with Gasteiger partial charge in [-0.15, -0.1) is 0 Å². The van der Waals surface area contributed by atoms with E-state index in [1.807, 2.05) is 60.7 Å². The summed E-state index contributed by atoms with van der Waals surface area (Å²) in [7, 11) is 0. The summed E-state index contributed by atoms with van der Waals surface area (Å²) in [5.74, 6) is -0.577. The molecule has 2 heterocycles. The summed E-state index contributed by atoms with van der Waals surface area (Å²) in [6.07, 6.45) is 4.47. The van der Waals surface area contributed by atoms with E-state index in [0.717, 1.165) is 5.56 Å². The number of pyridine rings is 1. The third kappa shape index (κ3) is 6.10. The Labute approximate surface area is 228 Å². The summed E-state index contributed by atoms with van der Waals surface area (Å²) in [6, 6.07) is 24.1. The van der Waals surface area contributed by atoms with Crippen LogP contribution < -0.4 is 25.8 Å². The number of nitrogens with one attached hydrogen (secondary N) is 1. The van der Waals surface area contributed by atoms with Crippen molar-refractivity contribution in [2.45, 2.75) is 19.7 Å². The van der Waals surface area contributed by atoms with E-state index in [0.29, 0.717) is 11.3 Å². The first-order chi connectivity index (χ1) is 19.5. The molecule has 0 aliphatic heterocycles. The molecule has 202 valence electrons. The van der Waals surface area contributed by atoms with Crippen molar-refractivity contribution in [3.63, 3.8) is 0 Å². The molecular weight excluding hydrogens is 513 g/mol. The van der Waals surface area contributed by atoms with Gasteiger partial charge in [0.2, 0.25) is 5.43 Å². The maximum Gasteiger partial charge on any atom is 0.278 e. The molecule has 0 radical (unpaired) electrons. The Morgan fingerprint density at radius 2 is 1.52 bits per heavy atom. The second kappa shape index (κ2) is 12.1. The number of fused-ring (bicyclic) bond motifs is 1. The highest BCUT2D eigenvalue weighted by Crippen LogP contribution is 2.16. The largest absolute Gasteiger partial charge is 0.492 e. The van der Waals surface area contributed by atoms with Crippen LogP contribution in [0.3, 0.4) is 0 Å². The Bertz CT molecular complexity index is 1730. The fourth-order valence-electron chi connectivity index (χ4n) is 4.15. The Kier molecular flexibility index (Phi) is 8.01. The maximum absolute atomic E-state index is 13.5. The van der Waals surface area contributed by atoms with Crippen LogP contribution in [-0.4, -0.2) is 21.5 Å². The Morgan fingerprint density at radius 3 is 2.25 bits per heavy atom. The van der Waals surface area contributed by atoms with Gasteiger partial charge in [-0.05, 0) is 35.4 Å². The summed E-state index contributed by atoms with van der Waals surface area (Å²) in [5.41, 5.74) is 0.113. The molecule has 0 atom stereocenters. The molecule has 5 aromatic rings. The second-order valence-electron chi connectivity index (χ2n) is 9.00. The minimum atomic E-state index is -0.706. The number of nitrogens with zero attached hydrogens (tertiary/aromatic N) is 2. The van der Waals surface area contributed by atoms with Crippen molar-refractivity contribution in [1.82, 2.24) is 14.3 Å². The van der Waals surface area contributed by atoms with E-state index in [1.165, 1.54) is 27.3 Å². The Balaban J connectivity index is 1.46. The fourth-order valence-corrected chi connectivity index (χ4v) is 4.15. The molecule has 8 nitrogen and oxygen atoms in total. The van der Waals surface area contributed by atoms with Gasteiger partial charge in [0.15, 0.2) is 11.3 Å². The standard InChI is InChI=1S/C31H26FN3O5/c32-24-13-11-22(12-14-24)19-33-30(37)26-20-35-16-15-34(17-18-39-25-9-5-2-6-10-25)31(38)27(35)29(28(26)36)40-21-23-7-3-1-4-8-23/h1-16,20H,17-19,21H2,(H,33,37). The Hall–Kier alpha value is -5.18. The highest BCUT2D eigenvalue weighted by Gasteiger charge is 2.21. The predicted octanol–water partition coefficient (Wildman–Crippen LogP) is 4.19. The molecule has 0 bridgehead atoms. The number of hydrogen-bond acceptors (Lipinski definition) is 5. The molecule has 0 saturated heterocycles. The molecule has 5 rings (SSSR count). The number of ether oxygens (including phenoxy) is 2. The topological polar surface area (TPSA) is 91.0 Å². The van der Waals surface area contributed by atoms with Crippen molar-refractivity contribution in [3.05, 3.63) is 147 Å². The van der Waals surface area contributed by atoms with Crippen LogP contribution in [0.25, 0.3) is 5.52 Å². The van der Waals surface area contributed by atoms with Gasteiger partial charge >= 0.3 is 0 Å². The zero-order valence-corrected chi connectivity index (χ0v) is 21.5. The second-order valence-corrected chi connectivity index (χ2v) is 9.00. The number of amides is 1. The molecule has 40 heavy (non-hydrogen) atoms. The van der Waals surface area contributed by atoms with Gasteiger partial charge < -0.3 is 23.8 Å². The number of aromatic nitrogens is 2. The van der Waals surface area contributed by atoms with E-state index in [2.05, 4.69) is 5.32 Å². The minimum Gasteiger partial charge on any atom is -0.492 e. The van der Waals surface area contributed by atoms with Gasteiger partial charge in [-0.25, -0.2) is 4.39 Å². The van der Waals surface area contributed by atoms with Crippen molar-refractivity contribution in [3.8, 4) is 11.5 Å². The van der Waals surface area contributed by atoms with Gasteiger partial charge in [0, 0.05) is 25.1 Å². The van der Waals surface area contributed by atoms with Gasteiger partial charge in [-0.2, -0.15) is 0 Å². The monoisotopic (exact) mass is 539 g/mol. The number of hydrogen-bond donors (Lipinski definition) is 1. The number of halogens is 1. The van der Waals surface area contributed by atoms with Crippen LogP contribution in [0.2, 0.25) is 0 Å². The average molecular weight is 540 g/mol. The SMILES string of the molecule is O=C(NCc1ccc(F)cc1)c1cn2ccn(CCOc3ccccc3)c(=O)c2c(OCc2ccccc2)c1=O. The van der Waals surface area contributed by atoms with Gasteiger partial charge in [0.1, 0.15) is 30.3 Å². The van der Waals surface area contributed by atoms with Gasteiger partial charge in [0.25, 0.3) is 11.5 Å². The molecule has 9 heteroatoms. The van der Waals surface area contributed by atoms with Crippen molar-refractivity contribution in [2.75, 3.05) is 6.61 Å². The first-order valence-corrected chi connectivity index (χ1v) is 12.7. The first kappa shape index (κ1) is 26.4. The Morgan fingerprint density at radius 1 is 0.825 bits per heavy atom. The minimum absolute atomic E-state index is 0.0122. The zero-order chi connectivity index (χ0) is 27.9. The van der Waals surface area contributed by atoms with E-state index >= 15 is 0 Å². The smallest absolute Gasteiger partial charge is 0.278 e. The highest BCUT2D eigenvalue weighted by molar-refractivity contribution is 5.94. The van der Waals surface area contributed by atoms with Crippen LogP contribution in [0.15, 0.2) is 113 Å². The van der Waals surface area contributed by atoms with E-state index in [1.54, 1.807) is 24.5 Å². The summed E-state index contributed by atoms with van der Waals surface area (Å²) in [4.78, 5) is 40.1. The normalized spacial score (nSPS) is 10.8. The quantitative estimate of drug-likeness (QED) is 0.288. The van der Waals surface area contributed by atoms with Crippen LogP contribution in [0, 0.1) is 5.82 Å². The molecule has 0 aliphatic rings. The molecule has 1 amide bonds. The summed E-state index contributed by atoms with van der Waals surface area (Å²) in [6.45, 7) is 0.577. The molecular formula is C31H26FN3O5. The first-order valence-electron chi connectivity index (χ1n) is 12.7. The number of rotatable bonds is 10. The van der Waals surface area contributed by atoms with E-state index in [9.17, 15) is 18.8 Å². The summed E-state index contributed by atoms with van der Waals surface area (Å²) < 4.78 is 27.7. The number of carbonyl (C=O) groups is 1. The number of benzene rings is 3. The van der Waals surface area contributed by atoms with Crippen molar-refractivity contribution >= 4 is 11.4 Å². The van der Waals surface area contributed by atoms with Crippen LogP contribution >= 0.6 is 0 Å². The molecule has 3 aromatic carbocycles. The lowest BCUT2D eigenvalue weighted by Gasteiger charge is -2.14. The molecule has 1 N–H and O–H groups in total. The van der Waals surface area contributed by atoms with E-state index < -0.39 is 16.9 Å². The summed E-state index contributed by atoms with van der Waals surface area (Å²) in [5, 5.41) is 2.68. The fraction of sp³-hybridized carbons (Fsp3) is 0.129. The lowest BCUT2D eigenvalue weighted by Crippen LogP contribution is -2.32. The molecule has 2 aromatic heterocycles. The lowest BCUT2D eigenvalue weighted by molar-refractivity contribution is 0.0948. The maximum atomic E-state index is 13.5. The third-order valence-corrected chi connectivity index (χ3v) is 6.24. The van der Waals surface area contributed by atoms with Crippen molar-refractivity contribution < 1.29 is 18.7 Å². The molecule has 0 spiro atoms. The third-order valence-electron chi connectivity index (χ3n) is 6.24. The summed E-state index contributed by atoms with van der Waals surface area (Å²) >= 11 is 0. The van der Waals surface area contributed by atoms with Crippen molar-refractivity contribution in [1.29, 1.82) is 0 Å². The molecule has 0 unspecified atom stereocenters. The highest BCUT2D eigenvalue weighted by atomic mass is 19.1. The number of para-hydroxylation sites is 1. The van der Waals surface area contributed by atoms with E-state index in [4.69, 9.17) is 9.47 Å². The molecule has 0 saturated carbocycles. The van der Waals surface area contributed by atoms with Crippen molar-refractivity contribution in [2.24, 2.45) is 0 Å². The van der Waals surface area contributed by atoms with Crippen LogP contribution in [0.5, 0.6) is 11.5 Å².